The summed E-state index contributed by atoms with van der Waals surface area (Å²) in [6.45, 7) is 0.516. The van der Waals surface area contributed by atoms with Crippen molar-refractivity contribution in [2.24, 2.45) is 0 Å². The number of Topliss-reactive ketones (excluding diaryl/α,β-unsaturated/α-hetero) is 1. The summed E-state index contributed by atoms with van der Waals surface area (Å²) in [5.41, 5.74) is 0.823. The highest BCUT2D eigenvalue weighted by atomic mass is 35.5. The van der Waals surface area contributed by atoms with Crippen LogP contribution >= 0.6 is 11.6 Å². The minimum absolute atomic E-state index is 0.254. The fourth-order valence-electron chi connectivity index (χ4n) is 3.09. The maximum atomic E-state index is 12.2. The quantitative estimate of drug-likeness (QED) is 0.665. The standard InChI is InChI=1S/C20H14ClNO3/c21-16-9-4-8-15-18(16)22(20(24)19(15)23)11-12-25-17-10-3-6-13-5-1-2-7-14(13)17/h1-10H,11-12H2. The molecule has 0 saturated heterocycles. The lowest BCUT2D eigenvalue weighted by atomic mass is 10.1. The molecule has 124 valence electrons. The van der Waals surface area contributed by atoms with Crippen LogP contribution in [0.2, 0.25) is 5.02 Å². The molecule has 0 bridgehead atoms. The van der Waals surface area contributed by atoms with Gasteiger partial charge in [-0.3, -0.25) is 14.5 Å². The number of hydrogen-bond acceptors (Lipinski definition) is 3. The van der Waals surface area contributed by atoms with Crippen molar-refractivity contribution in [3.05, 3.63) is 71.2 Å². The Kier molecular flexibility index (Phi) is 3.90. The molecule has 0 fully saturated rings. The SMILES string of the molecule is O=C1C(=O)N(CCOc2cccc3ccccc23)c2c(Cl)cccc21. The largest absolute Gasteiger partial charge is 0.491 e. The number of carbonyl (C=O) groups excluding carboxylic acids is 2. The van der Waals surface area contributed by atoms with E-state index in [9.17, 15) is 9.59 Å². The zero-order valence-corrected chi connectivity index (χ0v) is 14.0. The zero-order valence-electron chi connectivity index (χ0n) is 13.2. The molecule has 0 spiro atoms. The van der Waals surface area contributed by atoms with E-state index in [0.29, 0.717) is 16.3 Å². The lowest BCUT2D eigenvalue weighted by Gasteiger charge is -2.18. The molecule has 5 heteroatoms. The second-order valence-corrected chi connectivity index (χ2v) is 6.15. The summed E-state index contributed by atoms with van der Waals surface area (Å²) in [5, 5.41) is 2.48. The van der Waals surface area contributed by atoms with Gasteiger partial charge in [-0.25, -0.2) is 0 Å². The summed E-state index contributed by atoms with van der Waals surface area (Å²) in [6.07, 6.45) is 0. The Balaban J connectivity index is 1.55. The van der Waals surface area contributed by atoms with E-state index in [1.54, 1.807) is 18.2 Å². The number of amides is 1. The second-order valence-electron chi connectivity index (χ2n) is 5.75. The van der Waals surface area contributed by atoms with Crippen molar-refractivity contribution >= 4 is 39.8 Å². The third-order valence-corrected chi connectivity index (χ3v) is 4.57. The summed E-state index contributed by atoms with van der Waals surface area (Å²) in [5.74, 6) is -0.345. The van der Waals surface area contributed by atoms with Crippen molar-refractivity contribution in [3.8, 4) is 5.75 Å². The normalized spacial score (nSPS) is 13.4. The lowest BCUT2D eigenvalue weighted by molar-refractivity contribution is -0.114. The lowest BCUT2D eigenvalue weighted by Crippen LogP contribution is -2.33. The van der Waals surface area contributed by atoms with Gasteiger partial charge in [0, 0.05) is 5.39 Å². The van der Waals surface area contributed by atoms with Crippen LogP contribution in [0.5, 0.6) is 5.75 Å². The van der Waals surface area contributed by atoms with Crippen molar-refractivity contribution in [2.75, 3.05) is 18.1 Å². The predicted octanol–water partition coefficient (Wildman–Crippen LogP) is 4.10. The van der Waals surface area contributed by atoms with Crippen LogP contribution in [0.3, 0.4) is 0 Å². The number of fused-ring (bicyclic) bond motifs is 2. The van der Waals surface area contributed by atoms with Gasteiger partial charge in [0.15, 0.2) is 0 Å². The maximum Gasteiger partial charge on any atom is 0.299 e. The highest BCUT2D eigenvalue weighted by molar-refractivity contribution is 6.54. The fraction of sp³-hybridized carbons (Fsp3) is 0.100. The van der Waals surface area contributed by atoms with E-state index in [0.717, 1.165) is 16.5 Å². The highest BCUT2D eigenvalue weighted by Crippen LogP contribution is 2.35. The first-order chi connectivity index (χ1) is 12.2. The zero-order chi connectivity index (χ0) is 17.4. The van der Waals surface area contributed by atoms with Crippen LogP contribution in [0.25, 0.3) is 10.8 Å². The Bertz CT molecular complexity index is 994. The predicted molar refractivity (Wildman–Crippen MR) is 97.6 cm³/mol. The summed E-state index contributed by atoms with van der Waals surface area (Å²) >= 11 is 6.18. The van der Waals surface area contributed by atoms with E-state index in [2.05, 4.69) is 0 Å². The number of anilines is 1. The molecule has 0 aromatic heterocycles. The first-order valence-electron chi connectivity index (χ1n) is 7.92. The van der Waals surface area contributed by atoms with E-state index < -0.39 is 11.7 Å². The van der Waals surface area contributed by atoms with Crippen molar-refractivity contribution in [3.63, 3.8) is 0 Å². The van der Waals surface area contributed by atoms with Gasteiger partial charge in [-0.15, -0.1) is 0 Å². The van der Waals surface area contributed by atoms with Gasteiger partial charge in [0.25, 0.3) is 11.7 Å². The Hall–Kier alpha value is -2.85. The number of ketones is 1. The van der Waals surface area contributed by atoms with Gasteiger partial charge in [0.2, 0.25) is 0 Å². The minimum Gasteiger partial charge on any atom is -0.491 e. The van der Waals surface area contributed by atoms with E-state index in [1.165, 1.54) is 4.90 Å². The van der Waals surface area contributed by atoms with Gasteiger partial charge in [-0.1, -0.05) is 54.1 Å². The summed E-state index contributed by atoms with van der Waals surface area (Å²) in [7, 11) is 0. The Morgan fingerprint density at radius 2 is 1.68 bits per heavy atom. The average molecular weight is 352 g/mol. The molecule has 0 radical (unpaired) electrons. The van der Waals surface area contributed by atoms with Crippen molar-refractivity contribution in [1.82, 2.24) is 0 Å². The van der Waals surface area contributed by atoms with Crippen LogP contribution in [0.4, 0.5) is 5.69 Å². The first-order valence-corrected chi connectivity index (χ1v) is 8.30. The molecule has 0 saturated carbocycles. The monoisotopic (exact) mass is 351 g/mol. The summed E-state index contributed by atoms with van der Waals surface area (Å²) in [6, 6.07) is 18.7. The summed E-state index contributed by atoms with van der Waals surface area (Å²) in [4.78, 5) is 25.7. The molecule has 1 amide bonds. The van der Waals surface area contributed by atoms with E-state index in [4.69, 9.17) is 16.3 Å². The maximum absolute atomic E-state index is 12.2. The molecule has 25 heavy (non-hydrogen) atoms. The molecule has 3 aromatic carbocycles. The molecule has 0 aliphatic carbocycles. The third kappa shape index (κ3) is 2.65. The Labute approximate surface area is 149 Å². The van der Waals surface area contributed by atoms with Gasteiger partial charge in [-0.05, 0) is 23.6 Å². The van der Waals surface area contributed by atoms with Gasteiger partial charge in [0.1, 0.15) is 12.4 Å². The molecule has 0 atom stereocenters. The van der Waals surface area contributed by atoms with Crippen molar-refractivity contribution < 1.29 is 14.3 Å². The molecular weight excluding hydrogens is 338 g/mol. The highest BCUT2D eigenvalue weighted by Gasteiger charge is 2.37. The third-order valence-electron chi connectivity index (χ3n) is 4.26. The second kappa shape index (κ2) is 6.22. The van der Waals surface area contributed by atoms with Crippen LogP contribution in [0, 0.1) is 0 Å². The molecule has 4 nitrogen and oxygen atoms in total. The first kappa shape index (κ1) is 15.7. The molecule has 0 N–H and O–H groups in total. The molecule has 4 rings (SSSR count). The number of rotatable bonds is 4. The van der Waals surface area contributed by atoms with Crippen LogP contribution in [0.1, 0.15) is 10.4 Å². The number of nitrogens with zero attached hydrogens (tertiary/aromatic N) is 1. The fourth-order valence-corrected chi connectivity index (χ4v) is 3.37. The van der Waals surface area contributed by atoms with Gasteiger partial charge < -0.3 is 4.74 Å². The Morgan fingerprint density at radius 3 is 2.56 bits per heavy atom. The van der Waals surface area contributed by atoms with Gasteiger partial charge >= 0.3 is 0 Å². The molecule has 1 aliphatic heterocycles. The number of ether oxygens (including phenoxy) is 1. The topological polar surface area (TPSA) is 46.6 Å². The van der Waals surface area contributed by atoms with E-state index in [1.807, 2.05) is 42.5 Å². The smallest absolute Gasteiger partial charge is 0.299 e. The average Bonchev–Trinajstić information content (AvgIpc) is 2.88. The number of carbonyl (C=O) groups is 2. The van der Waals surface area contributed by atoms with Crippen molar-refractivity contribution in [1.29, 1.82) is 0 Å². The minimum atomic E-state index is -0.565. The summed E-state index contributed by atoms with van der Waals surface area (Å²) < 4.78 is 5.87. The van der Waals surface area contributed by atoms with Gasteiger partial charge in [-0.2, -0.15) is 0 Å². The number of halogens is 1. The molecule has 3 aromatic rings. The number of hydrogen-bond donors (Lipinski definition) is 0. The van der Waals surface area contributed by atoms with E-state index >= 15 is 0 Å². The van der Waals surface area contributed by atoms with Gasteiger partial charge in [0.05, 0.1) is 22.8 Å². The van der Waals surface area contributed by atoms with Crippen LogP contribution in [-0.2, 0) is 4.79 Å². The van der Waals surface area contributed by atoms with Crippen molar-refractivity contribution in [2.45, 2.75) is 0 Å². The van der Waals surface area contributed by atoms with Crippen LogP contribution in [0.15, 0.2) is 60.7 Å². The number of para-hydroxylation sites is 1. The molecule has 1 aliphatic rings. The molecular formula is C20H14ClNO3. The van der Waals surface area contributed by atoms with Crippen LogP contribution < -0.4 is 9.64 Å². The Morgan fingerprint density at radius 1 is 0.920 bits per heavy atom. The van der Waals surface area contributed by atoms with Crippen LogP contribution in [-0.4, -0.2) is 24.8 Å². The molecule has 0 unspecified atom stereocenters. The van der Waals surface area contributed by atoms with E-state index in [-0.39, 0.29) is 13.2 Å². The number of benzene rings is 3. The molecule has 1 heterocycles.